The van der Waals surface area contributed by atoms with E-state index in [9.17, 15) is 14.4 Å². The summed E-state index contributed by atoms with van der Waals surface area (Å²) in [4.78, 5) is 34.6. The van der Waals surface area contributed by atoms with Crippen LogP contribution in [0.2, 0.25) is 0 Å². The minimum atomic E-state index is -0.644. The summed E-state index contributed by atoms with van der Waals surface area (Å²) in [5.41, 5.74) is 0. The molecule has 0 atom stereocenters. The van der Waals surface area contributed by atoms with Crippen molar-refractivity contribution in [2.24, 2.45) is 0 Å². The molecular formula is C18H35N3O8. The second-order valence-corrected chi connectivity index (χ2v) is 6.01. The van der Waals surface area contributed by atoms with Crippen molar-refractivity contribution in [2.45, 2.75) is 31.8 Å². The van der Waals surface area contributed by atoms with Crippen LogP contribution in [-0.2, 0) is 28.5 Å². The molecule has 0 bridgehead atoms. The molecule has 0 saturated carbocycles. The van der Waals surface area contributed by atoms with Crippen molar-refractivity contribution in [3.8, 4) is 0 Å². The molecule has 0 aromatic carbocycles. The number of carbonyl (C=O) groups excluding carboxylic acids is 3. The van der Waals surface area contributed by atoms with Gasteiger partial charge in [0, 0.05) is 60.6 Å². The number of nitrogens with one attached hydrogen (secondary N) is 3. The zero-order valence-electron chi connectivity index (χ0n) is 17.6. The maximum Gasteiger partial charge on any atom is 0.407 e. The fraction of sp³-hybridized carbons (Fsp3) is 0.833. The molecule has 11 heteroatoms. The van der Waals surface area contributed by atoms with Gasteiger partial charge in [-0.3, -0.25) is 4.79 Å². The minimum Gasteiger partial charge on any atom is -0.447 e. The van der Waals surface area contributed by atoms with Gasteiger partial charge >= 0.3 is 12.2 Å². The molecule has 0 radical (unpaired) electrons. The first-order chi connectivity index (χ1) is 14.0. The van der Waals surface area contributed by atoms with Gasteiger partial charge in [0.15, 0.2) is 0 Å². The Morgan fingerprint density at radius 3 is 1.76 bits per heavy atom. The molecule has 11 nitrogen and oxygen atoms in total. The normalized spacial score (nSPS) is 10.5. The second-order valence-electron chi connectivity index (χ2n) is 6.01. The van der Waals surface area contributed by atoms with E-state index in [1.165, 1.54) is 0 Å². The van der Waals surface area contributed by atoms with Gasteiger partial charge in [-0.25, -0.2) is 9.59 Å². The summed E-state index contributed by atoms with van der Waals surface area (Å²) in [5.74, 6) is -0.0940. The van der Waals surface area contributed by atoms with Gasteiger partial charge < -0.3 is 39.6 Å². The van der Waals surface area contributed by atoms with Crippen molar-refractivity contribution in [1.82, 2.24) is 16.0 Å². The first-order valence-corrected chi connectivity index (χ1v) is 9.64. The summed E-state index contributed by atoms with van der Waals surface area (Å²) in [6.45, 7) is 1.99. The number of amides is 3. The highest BCUT2D eigenvalue weighted by Gasteiger charge is 2.16. The van der Waals surface area contributed by atoms with Crippen LogP contribution >= 0.6 is 0 Å². The van der Waals surface area contributed by atoms with E-state index in [0.717, 1.165) is 0 Å². The number of hydrogen-bond acceptors (Lipinski definition) is 8. The van der Waals surface area contributed by atoms with Crippen molar-refractivity contribution in [2.75, 3.05) is 67.4 Å². The summed E-state index contributed by atoms with van der Waals surface area (Å²) in [6, 6.07) is 0. The van der Waals surface area contributed by atoms with Crippen LogP contribution in [-0.4, -0.2) is 91.6 Å². The van der Waals surface area contributed by atoms with Crippen LogP contribution < -0.4 is 16.0 Å². The Balaban J connectivity index is 4.24. The summed E-state index contributed by atoms with van der Waals surface area (Å²) >= 11 is 0. The molecular weight excluding hydrogens is 386 g/mol. The lowest BCUT2D eigenvalue weighted by molar-refractivity contribution is -0.121. The largest absolute Gasteiger partial charge is 0.447 e. The maximum atomic E-state index is 11.7. The first-order valence-electron chi connectivity index (χ1n) is 9.64. The van der Waals surface area contributed by atoms with Gasteiger partial charge in [-0.2, -0.15) is 0 Å². The van der Waals surface area contributed by atoms with Crippen LogP contribution in [0.4, 0.5) is 9.59 Å². The van der Waals surface area contributed by atoms with E-state index in [1.54, 1.807) is 21.3 Å². The predicted molar refractivity (Wildman–Crippen MR) is 105 cm³/mol. The fourth-order valence-electron chi connectivity index (χ4n) is 2.01. The molecule has 0 spiro atoms. The smallest absolute Gasteiger partial charge is 0.407 e. The lowest BCUT2D eigenvalue weighted by atomic mass is 10.3. The number of alkyl carbamates (subject to hydrolysis) is 2. The summed E-state index contributed by atoms with van der Waals surface area (Å²) in [7, 11) is 4.72. The summed E-state index contributed by atoms with van der Waals surface area (Å²) in [6.07, 6.45) is 0.296. The molecule has 0 rings (SSSR count). The Hall–Kier alpha value is -2.11. The quantitative estimate of drug-likeness (QED) is 0.288. The highest BCUT2D eigenvalue weighted by atomic mass is 16.6. The summed E-state index contributed by atoms with van der Waals surface area (Å²) < 4.78 is 25.6. The molecule has 0 aromatic heterocycles. The van der Waals surface area contributed by atoms with E-state index in [1.807, 2.05) is 0 Å². The molecule has 0 aliphatic carbocycles. The van der Waals surface area contributed by atoms with Crippen LogP contribution in [0, 0.1) is 0 Å². The van der Waals surface area contributed by atoms with Gasteiger partial charge in [0.2, 0.25) is 5.91 Å². The van der Waals surface area contributed by atoms with Crippen LogP contribution in [0.5, 0.6) is 0 Å². The van der Waals surface area contributed by atoms with Crippen LogP contribution in [0.3, 0.4) is 0 Å². The number of hydrogen-bond donors (Lipinski definition) is 3. The van der Waals surface area contributed by atoms with E-state index in [4.69, 9.17) is 23.7 Å². The van der Waals surface area contributed by atoms with E-state index in [2.05, 4.69) is 16.0 Å². The fourth-order valence-corrected chi connectivity index (χ4v) is 2.01. The van der Waals surface area contributed by atoms with E-state index in [0.29, 0.717) is 52.0 Å². The Morgan fingerprint density at radius 2 is 1.31 bits per heavy atom. The molecule has 0 aliphatic rings. The SMILES string of the molecule is CNC(=O)CCCOC(COC(=O)NCCCOC)COC(=O)NCCCOC. The molecule has 29 heavy (non-hydrogen) atoms. The third kappa shape index (κ3) is 17.7. The Morgan fingerprint density at radius 1 is 0.793 bits per heavy atom. The zero-order valence-corrected chi connectivity index (χ0v) is 17.6. The van der Waals surface area contributed by atoms with E-state index in [-0.39, 0.29) is 25.7 Å². The lowest BCUT2D eigenvalue weighted by Gasteiger charge is -2.18. The Kier molecular flexibility index (Phi) is 17.8. The van der Waals surface area contributed by atoms with Crippen LogP contribution in [0.15, 0.2) is 0 Å². The van der Waals surface area contributed by atoms with Crippen LogP contribution in [0.25, 0.3) is 0 Å². The minimum absolute atomic E-state index is 0.0902. The van der Waals surface area contributed by atoms with Gasteiger partial charge in [-0.15, -0.1) is 0 Å². The maximum absolute atomic E-state index is 11.7. The third-order valence-corrected chi connectivity index (χ3v) is 3.57. The molecule has 3 amide bonds. The van der Waals surface area contributed by atoms with Crippen molar-refractivity contribution in [3.63, 3.8) is 0 Å². The first kappa shape index (κ1) is 26.9. The summed E-state index contributed by atoms with van der Waals surface area (Å²) in [5, 5.41) is 7.69. The lowest BCUT2D eigenvalue weighted by Crippen LogP contribution is -2.35. The molecule has 170 valence electrons. The van der Waals surface area contributed by atoms with Crippen molar-refractivity contribution >= 4 is 18.1 Å². The number of rotatable bonds is 17. The van der Waals surface area contributed by atoms with E-state index < -0.39 is 18.3 Å². The molecule has 0 fully saturated rings. The monoisotopic (exact) mass is 421 g/mol. The number of methoxy groups -OCH3 is 2. The van der Waals surface area contributed by atoms with Gasteiger partial charge in [0.25, 0.3) is 0 Å². The van der Waals surface area contributed by atoms with Gasteiger partial charge in [-0.05, 0) is 19.3 Å². The molecule has 0 aliphatic heterocycles. The molecule has 0 saturated heterocycles. The predicted octanol–water partition coefficient (Wildman–Crippen LogP) is 0.423. The highest BCUT2D eigenvalue weighted by molar-refractivity contribution is 5.75. The third-order valence-electron chi connectivity index (χ3n) is 3.57. The zero-order chi connectivity index (χ0) is 21.7. The molecule has 0 aromatic rings. The number of carbonyl (C=O) groups is 3. The average molecular weight is 421 g/mol. The number of ether oxygens (including phenoxy) is 5. The molecule has 3 N–H and O–H groups in total. The molecule has 0 unspecified atom stereocenters. The van der Waals surface area contributed by atoms with Gasteiger partial charge in [0.1, 0.15) is 19.3 Å². The molecule has 0 heterocycles. The van der Waals surface area contributed by atoms with Crippen LogP contribution in [0.1, 0.15) is 25.7 Å². The van der Waals surface area contributed by atoms with Crippen molar-refractivity contribution in [3.05, 3.63) is 0 Å². The van der Waals surface area contributed by atoms with Crippen molar-refractivity contribution in [1.29, 1.82) is 0 Å². The topological polar surface area (TPSA) is 133 Å². The van der Waals surface area contributed by atoms with E-state index >= 15 is 0 Å². The van der Waals surface area contributed by atoms with Gasteiger partial charge in [-0.1, -0.05) is 0 Å². The standard InChI is InChI=1S/C18H35N3O8/c1-19-16(22)7-4-12-27-15(13-28-17(23)20-8-5-10-25-2)14-29-18(24)21-9-6-11-26-3/h15H,4-14H2,1-3H3,(H,19,22)(H,20,23)(H,21,24). The Bertz CT molecular complexity index is 423. The van der Waals surface area contributed by atoms with Crippen molar-refractivity contribution < 1.29 is 38.1 Å². The average Bonchev–Trinajstić information content (AvgIpc) is 2.72. The van der Waals surface area contributed by atoms with Gasteiger partial charge in [0.05, 0.1) is 0 Å². The second kappa shape index (κ2) is 19.2. The Labute approximate surface area is 172 Å². The highest BCUT2D eigenvalue weighted by Crippen LogP contribution is 2.00.